The zero-order valence-corrected chi connectivity index (χ0v) is 11.5. The highest BCUT2D eigenvalue weighted by molar-refractivity contribution is 5.84. The second-order valence-electron chi connectivity index (χ2n) is 4.98. The Hall–Kier alpha value is -2.08. The van der Waals surface area contributed by atoms with Gasteiger partial charge in [0.1, 0.15) is 11.1 Å². The molecule has 1 aromatic carbocycles. The number of rotatable bonds is 2. The fourth-order valence-electron chi connectivity index (χ4n) is 2.82. The van der Waals surface area contributed by atoms with Crippen molar-refractivity contribution in [2.75, 3.05) is 13.7 Å². The number of hydrogen-bond acceptors (Lipinski definition) is 4. The van der Waals surface area contributed by atoms with Gasteiger partial charge in [-0.05, 0) is 31.5 Å². The largest absolute Gasteiger partial charge is 0.496 e. The number of aromatic nitrogens is 2. The molecule has 1 N–H and O–H groups in total. The van der Waals surface area contributed by atoms with Crippen LogP contribution in [0.15, 0.2) is 27.8 Å². The summed E-state index contributed by atoms with van der Waals surface area (Å²) in [5.41, 5.74) is 0.00343. The van der Waals surface area contributed by atoms with Crippen LogP contribution in [0.3, 0.4) is 0 Å². The molecule has 106 valence electrons. The summed E-state index contributed by atoms with van der Waals surface area (Å²) in [5, 5.41) is 3.64. The Balaban J connectivity index is 2.42. The average Bonchev–Trinajstić information content (AvgIpc) is 2.98. The van der Waals surface area contributed by atoms with Gasteiger partial charge in [0.2, 0.25) is 0 Å². The predicted molar refractivity (Wildman–Crippen MR) is 76.3 cm³/mol. The maximum Gasteiger partial charge on any atom is 0.332 e. The van der Waals surface area contributed by atoms with Gasteiger partial charge in [0, 0.05) is 7.05 Å². The lowest BCUT2D eigenvalue weighted by molar-refractivity contribution is 0.412. The summed E-state index contributed by atoms with van der Waals surface area (Å²) in [5.74, 6) is 0.495. The molecule has 20 heavy (non-hydrogen) atoms. The first-order valence-electron chi connectivity index (χ1n) is 6.66. The Kier molecular flexibility index (Phi) is 3.10. The van der Waals surface area contributed by atoms with Crippen molar-refractivity contribution in [3.8, 4) is 5.75 Å². The van der Waals surface area contributed by atoms with E-state index < -0.39 is 0 Å². The van der Waals surface area contributed by atoms with Gasteiger partial charge < -0.3 is 4.74 Å². The second-order valence-corrected chi connectivity index (χ2v) is 4.98. The van der Waals surface area contributed by atoms with E-state index in [-0.39, 0.29) is 17.4 Å². The molecule has 1 fully saturated rings. The lowest BCUT2D eigenvalue weighted by atomic mass is 10.2. The van der Waals surface area contributed by atoms with Crippen LogP contribution < -0.4 is 21.3 Å². The number of ether oxygens (including phenoxy) is 1. The van der Waals surface area contributed by atoms with Crippen molar-refractivity contribution in [1.82, 2.24) is 14.5 Å². The molecule has 6 nitrogen and oxygen atoms in total. The quantitative estimate of drug-likeness (QED) is 0.871. The number of hydrogen-bond donors (Lipinski definition) is 1. The first-order valence-corrected chi connectivity index (χ1v) is 6.66. The van der Waals surface area contributed by atoms with Gasteiger partial charge >= 0.3 is 5.69 Å². The summed E-state index contributed by atoms with van der Waals surface area (Å²) in [6.45, 7) is 0.824. The monoisotopic (exact) mass is 275 g/mol. The number of nitrogens with one attached hydrogen (secondary N) is 1. The lowest BCUT2D eigenvalue weighted by Gasteiger charge is -2.17. The summed E-state index contributed by atoms with van der Waals surface area (Å²) < 4.78 is 8.07. The highest BCUT2D eigenvalue weighted by atomic mass is 16.5. The van der Waals surface area contributed by atoms with Gasteiger partial charge in [-0.25, -0.2) is 9.36 Å². The van der Waals surface area contributed by atoms with Crippen LogP contribution in [0.1, 0.15) is 19.0 Å². The minimum absolute atomic E-state index is 0.226. The molecule has 3 rings (SSSR count). The molecule has 1 saturated heterocycles. The molecule has 1 aromatic heterocycles. The number of aryl methyl sites for hydroxylation is 1. The van der Waals surface area contributed by atoms with Crippen LogP contribution in [0.2, 0.25) is 0 Å². The highest BCUT2D eigenvalue weighted by Gasteiger charge is 2.23. The fourth-order valence-corrected chi connectivity index (χ4v) is 2.82. The SMILES string of the molecule is COc1cccc2c1c(=O)n(C1CCCN1)c(=O)n2C. The first-order chi connectivity index (χ1) is 9.65. The van der Waals surface area contributed by atoms with Crippen LogP contribution >= 0.6 is 0 Å². The Morgan fingerprint density at radius 2 is 2.15 bits per heavy atom. The minimum atomic E-state index is -0.296. The maximum atomic E-state index is 12.7. The Morgan fingerprint density at radius 3 is 2.80 bits per heavy atom. The summed E-state index contributed by atoms with van der Waals surface area (Å²) >= 11 is 0. The van der Waals surface area contributed by atoms with E-state index in [1.165, 1.54) is 16.2 Å². The van der Waals surface area contributed by atoms with Crippen LogP contribution in [-0.4, -0.2) is 22.8 Å². The number of fused-ring (bicyclic) bond motifs is 1. The van der Waals surface area contributed by atoms with Crippen molar-refractivity contribution >= 4 is 10.9 Å². The van der Waals surface area contributed by atoms with Crippen LogP contribution in [0.5, 0.6) is 5.75 Å². The standard InChI is InChI=1S/C14H17N3O3/c1-16-9-5-3-6-10(20-2)12(9)13(18)17(14(16)19)11-7-4-8-15-11/h3,5-6,11,15H,4,7-8H2,1-2H3. The van der Waals surface area contributed by atoms with Gasteiger partial charge in [-0.3, -0.25) is 14.7 Å². The molecule has 1 aliphatic heterocycles. The average molecular weight is 275 g/mol. The smallest absolute Gasteiger partial charge is 0.332 e. The van der Waals surface area contributed by atoms with E-state index in [1.54, 1.807) is 25.2 Å². The molecule has 0 spiro atoms. The van der Waals surface area contributed by atoms with Crippen molar-refractivity contribution in [2.24, 2.45) is 7.05 Å². The molecular formula is C14H17N3O3. The second kappa shape index (κ2) is 4.79. The molecule has 0 radical (unpaired) electrons. The molecule has 0 saturated carbocycles. The van der Waals surface area contributed by atoms with Gasteiger partial charge in [-0.15, -0.1) is 0 Å². The Bertz CT molecular complexity index is 770. The summed E-state index contributed by atoms with van der Waals surface area (Å²) in [4.78, 5) is 25.1. The molecule has 1 atom stereocenters. The molecular weight excluding hydrogens is 258 g/mol. The van der Waals surface area contributed by atoms with E-state index in [0.29, 0.717) is 16.7 Å². The van der Waals surface area contributed by atoms with Gasteiger partial charge in [0.05, 0.1) is 18.8 Å². The number of benzene rings is 1. The molecule has 0 amide bonds. The maximum absolute atomic E-state index is 12.7. The van der Waals surface area contributed by atoms with Crippen molar-refractivity contribution in [2.45, 2.75) is 19.0 Å². The summed E-state index contributed by atoms with van der Waals surface area (Å²) in [6, 6.07) is 5.27. The third-order valence-electron chi connectivity index (χ3n) is 3.86. The van der Waals surface area contributed by atoms with Crippen LogP contribution in [0.25, 0.3) is 10.9 Å². The molecule has 2 aromatic rings. The summed E-state index contributed by atoms with van der Waals surface area (Å²) in [7, 11) is 3.20. The van der Waals surface area contributed by atoms with E-state index in [0.717, 1.165) is 19.4 Å². The highest BCUT2D eigenvalue weighted by Crippen LogP contribution is 2.21. The zero-order valence-electron chi connectivity index (χ0n) is 11.5. The van der Waals surface area contributed by atoms with E-state index in [1.807, 2.05) is 0 Å². The summed E-state index contributed by atoms with van der Waals surface area (Å²) in [6.07, 6.45) is 1.52. The molecule has 2 heterocycles. The van der Waals surface area contributed by atoms with Crippen LogP contribution in [0.4, 0.5) is 0 Å². The third kappa shape index (κ3) is 1.76. The van der Waals surface area contributed by atoms with Gasteiger partial charge in [0.15, 0.2) is 0 Å². The molecule has 6 heteroatoms. The van der Waals surface area contributed by atoms with E-state index in [2.05, 4.69) is 5.32 Å². The number of methoxy groups -OCH3 is 1. The number of nitrogens with zero attached hydrogens (tertiary/aromatic N) is 2. The van der Waals surface area contributed by atoms with Crippen molar-refractivity contribution in [1.29, 1.82) is 0 Å². The Labute approximate surface area is 115 Å². The van der Waals surface area contributed by atoms with Gasteiger partial charge in [0.25, 0.3) is 5.56 Å². The van der Waals surface area contributed by atoms with Crippen molar-refractivity contribution in [3.05, 3.63) is 39.0 Å². The van der Waals surface area contributed by atoms with E-state index >= 15 is 0 Å². The van der Waals surface area contributed by atoms with Gasteiger partial charge in [-0.1, -0.05) is 6.07 Å². The molecule has 1 aliphatic rings. The minimum Gasteiger partial charge on any atom is -0.496 e. The predicted octanol–water partition coefficient (Wildman–Crippen LogP) is 0.591. The zero-order chi connectivity index (χ0) is 14.3. The molecule has 0 aliphatic carbocycles. The Morgan fingerprint density at radius 1 is 1.35 bits per heavy atom. The molecule has 0 bridgehead atoms. The van der Waals surface area contributed by atoms with E-state index in [9.17, 15) is 9.59 Å². The molecule has 1 unspecified atom stereocenters. The fraction of sp³-hybridized carbons (Fsp3) is 0.429. The topological polar surface area (TPSA) is 65.3 Å². The third-order valence-corrected chi connectivity index (χ3v) is 3.86. The first kappa shape index (κ1) is 12.9. The normalized spacial score (nSPS) is 18.6. The van der Waals surface area contributed by atoms with Crippen LogP contribution in [0, 0.1) is 0 Å². The van der Waals surface area contributed by atoms with Gasteiger partial charge in [-0.2, -0.15) is 0 Å². The van der Waals surface area contributed by atoms with Crippen molar-refractivity contribution < 1.29 is 4.74 Å². The van der Waals surface area contributed by atoms with Crippen LogP contribution in [-0.2, 0) is 7.05 Å². The van der Waals surface area contributed by atoms with Crippen molar-refractivity contribution in [3.63, 3.8) is 0 Å². The van der Waals surface area contributed by atoms with E-state index in [4.69, 9.17) is 4.74 Å². The lowest BCUT2D eigenvalue weighted by Crippen LogP contribution is -2.44.